The van der Waals surface area contributed by atoms with Gasteiger partial charge >= 0.3 is 5.97 Å². The summed E-state index contributed by atoms with van der Waals surface area (Å²) in [6.07, 6.45) is 0. The van der Waals surface area contributed by atoms with Gasteiger partial charge in [0.2, 0.25) is 0 Å². The third-order valence-corrected chi connectivity index (χ3v) is 3.61. The van der Waals surface area contributed by atoms with Gasteiger partial charge in [-0.25, -0.2) is 4.79 Å². The van der Waals surface area contributed by atoms with Crippen LogP contribution in [0.1, 0.15) is 50.7 Å². The third kappa shape index (κ3) is 3.38. The zero-order valence-corrected chi connectivity index (χ0v) is 14.0. The summed E-state index contributed by atoms with van der Waals surface area (Å²) in [4.78, 5) is 11.8. The van der Waals surface area contributed by atoms with E-state index < -0.39 is 0 Å². The van der Waals surface area contributed by atoms with Crippen LogP contribution in [-0.4, -0.2) is 22.4 Å². The Balaban J connectivity index is 2.37. The predicted molar refractivity (Wildman–Crippen MR) is 88.0 cm³/mol. The Kier molecular flexibility index (Phi) is 4.69. The molecule has 0 unspecified atom stereocenters. The summed E-state index contributed by atoms with van der Waals surface area (Å²) in [6.45, 7) is 11.4. The lowest BCUT2D eigenvalue weighted by Crippen LogP contribution is -2.10. The molecule has 0 spiro atoms. The molecule has 0 aliphatic carbocycles. The minimum absolute atomic E-state index is 0.125. The lowest BCUT2D eigenvalue weighted by molar-refractivity contribution is 0.0518. The number of hydrogen-bond acceptors (Lipinski definition) is 3. The normalized spacial score (nSPS) is 11.5. The number of aromatic nitrogens is 2. The molecule has 0 aliphatic heterocycles. The smallest absolute Gasteiger partial charge is 0.358 e. The average Bonchev–Trinajstić information content (AvgIpc) is 2.91. The van der Waals surface area contributed by atoms with Crippen molar-refractivity contribution in [3.8, 4) is 11.3 Å². The minimum Gasteiger partial charge on any atom is -0.461 e. The first-order valence-electron chi connectivity index (χ1n) is 7.72. The van der Waals surface area contributed by atoms with Crippen LogP contribution in [0.15, 0.2) is 30.3 Å². The second kappa shape index (κ2) is 6.34. The van der Waals surface area contributed by atoms with Crippen LogP contribution in [0.3, 0.4) is 0 Å². The maximum absolute atomic E-state index is 11.8. The second-order valence-electron chi connectivity index (χ2n) is 6.28. The molecule has 0 fully saturated rings. The first-order chi connectivity index (χ1) is 10.4. The molecule has 0 bridgehead atoms. The summed E-state index contributed by atoms with van der Waals surface area (Å²) < 4.78 is 6.86. The van der Waals surface area contributed by atoms with Crippen molar-refractivity contribution < 1.29 is 9.53 Å². The number of esters is 1. The molecule has 118 valence electrons. The van der Waals surface area contributed by atoms with E-state index in [1.54, 1.807) is 13.0 Å². The molecule has 4 heteroatoms. The fourth-order valence-electron chi connectivity index (χ4n) is 2.34. The molecule has 0 N–H and O–H groups in total. The SMILES string of the molecule is CCOC(=O)c1cc(-c2ccc(C(C)(C)C)cc2)n(CC)n1. The number of ether oxygens (including phenoxy) is 1. The van der Waals surface area contributed by atoms with Gasteiger partial charge in [0.05, 0.1) is 12.3 Å². The first kappa shape index (κ1) is 16.3. The molecule has 0 atom stereocenters. The van der Waals surface area contributed by atoms with Crippen molar-refractivity contribution in [1.82, 2.24) is 9.78 Å². The van der Waals surface area contributed by atoms with Crippen molar-refractivity contribution in [2.75, 3.05) is 6.61 Å². The Labute approximate surface area is 132 Å². The van der Waals surface area contributed by atoms with Crippen molar-refractivity contribution in [3.05, 3.63) is 41.6 Å². The van der Waals surface area contributed by atoms with Crippen molar-refractivity contribution in [1.29, 1.82) is 0 Å². The molecular weight excluding hydrogens is 276 g/mol. The Hall–Kier alpha value is -2.10. The van der Waals surface area contributed by atoms with Crippen molar-refractivity contribution >= 4 is 5.97 Å². The molecule has 22 heavy (non-hydrogen) atoms. The zero-order valence-electron chi connectivity index (χ0n) is 14.0. The van der Waals surface area contributed by atoms with Crippen LogP contribution < -0.4 is 0 Å². The minimum atomic E-state index is -0.373. The van der Waals surface area contributed by atoms with E-state index in [1.807, 2.05) is 11.6 Å². The highest BCUT2D eigenvalue weighted by Crippen LogP contribution is 2.26. The molecule has 1 aromatic carbocycles. The van der Waals surface area contributed by atoms with Gasteiger partial charge in [0.15, 0.2) is 5.69 Å². The van der Waals surface area contributed by atoms with E-state index in [0.717, 1.165) is 11.3 Å². The molecule has 0 aliphatic rings. The number of carbonyl (C=O) groups excluding carboxylic acids is 1. The maximum Gasteiger partial charge on any atom is 0.358 e. The second-order valence-corrected chi connectivity index (χ2v) is 6.28. The van der Waals surface area contributed by atoms with Crippen molar-refractivity contribution in [2.24, 2.45) is 0 Å². The van der Waals surface area contributed by atoms with Crippen molar-refractivity contribution in [2.45, 2.75) is 46.6 Å². The Morgan fingerprint density at radius 2 is 1.82 bits per heavy atom. The van der Waals surface area contributed by atoms with Gasteiger partial charge < -0.3 is 4.74 Å². The van der Waals surface area contributed by atoms with Gasteiger partial charge in [-0.05, 0) is 36.5 Å². The van der Waals surface area contributed by atoms with E-state index in [-0.39, 0.29) is 11.4 Å². The van der Waals surface area contributed by atoms with Gasteiger partial charge in [-0.2, -0.15) is 5.10 Å². The van der Waals surface area contributed by atoms with Gasteiger partial charge in [-0.3, -0.25) is 4.68 Å². The van der Waals surface area contributed by atoms with Crippen LogP contribution in [0.25, 0.3) is 11.3 Å². The van der Waals surface area contributed by atoms with Crippen LogP contribution >= 0.6 is 0 Å². The number of benzene rings is 1. The molecule has 1 aromatic heterocycles. The van der Waals surface area contributed by atoms with Gasteiger partial charge in [-0.15, -0.1) is 0 Å². The monoisotopic (exact) mass is 300 g/mol. The largest absolute Gasteiger partial charge is 0.461 e. The first-order valence-corrected chi connectivity index (χ1v) is 7.72. The molecular formula is C18H24N2O2. The molecule has 2 rings (SSSR count). The van der Waals surface area contributed by atoms with Crippen LogP contribution in [0.4, 0.5) is 0 Å². The van der Waals surface area contributed by atoms with Gasteiger partial charge in [-0.1, -0.05) is 45.0 Å². The number of hydrogen-bond donors (Lipinski definition) is 0. The molecule has 2 aromatic rings. The van der Waals surface area contributed by atoms with Gasteiger partial charge in [0.25, 0.3) is 0 Å². The summed E-state index contributed by atoms with van der Waals surface area (Å²) in [5.74, 6) is -0.373. The predicted octanol–water partition coefficient (Wildman–Crippen LogP) is 4.04. The van der Waals surface area contributed by atoms with E-state index in [1.165, 1.54) is 5.56 Å². The Morgan fingerprint density at radius 1 is 1.18 bits per heavy atom. The fraction of sp³-hybridized carbons (Fsp3) is 0.444. The molecule has 0 amide bonds. The zero-order chi connectivity index (χ0) is 16.3. The number of carbonyl (C=O) groups is 1. The molecule has 0 radical (unpaired) electrons. The van der Waals surface area contributed by atoms with E-state index in [4.69, 9.17) is 4.74 Å². The van der Waals surface area contributed by atoms with E-state index in [9.17, 15) is 4.79 Å². The Bertz CT molecular complexity index is 649. The lowest BCUT2D eigenvalue weighted by atomic mass is 9.86. The quantitative estimate of drug-likeness (QED) is 0.800. The lowest BCUT2D eigenvalue weighted by Gasteiger charge is -2.19. The molecule has 4 nitrogen and oxygen atoms in total. The topological polar surface area (TPSA) is 44.1 Å². The van der Waals surface area contributed by atoms with Crippen LogP contribution in [-0.2, 0) is 16.7 Å². The summed E-state index contributed by atoms with van der Waals surface area (Å²) >= 11 is 0. The highest BCUT2D eigenvalue weighted by atomic mass is 16.5. The van der Waals surface area contributed by atoms with Crippen LogP contribution in [0.5, 0.6) is 0 Å². The van der Waals surface area contributed by atoms with E-state index >= 15 is 0 Å². The highest BCUT2D eigenvalue weighted by Gasteiger charge is 2.17. The average molecular weight is 300 g/mol. The van der Waals surface area contributed by atoms with E-state index in [0.29, 0.717) is 18.8 Å². The summed E-state index contributed by atoms with van der Waals surface area (Å²) in [5.41, 5.74) is 3.76. The number of aryl methyl sites for hydroxylation is 1. The van der Waals surface area contributed by atoms with E-state index in [2.05, 4.69) is 50.1 Å². The highest BCUT2D eigenvalue weighted by molar-refractivity contribution is 5.88. The number of rotatable bonds is 4. The molecule has 1 heterocycles. The molecule has 0 saturated heterocycles. The standard InChI is InChI=1S/C18H24N2O2/c1-6-20-16(12-15(19-20)17(21)22-7-2)13-8-10-14(11-9-13)18(3,4)5/h8-12H,6-7H2,1-5H3. The summed E-state index contributed by atoms with van der Waals surface area (Å²) in [6, 6.07) is 10.2. The van der Waals surface area contributed by atoms with Crippen LogP contribution in [0, 0.1) is 0 Å². The van der Waals surface area contributed by atoms with Gasteiger partial charge in [0.1, 0.15) is 0 Å². The summed E-state index contributed by atoms with van der Waals surface area (Å²) in [5, 5.41) is 4.34. The maximum atomic E-state index is 11.8. The summed E-state index contributed by atoms with van der Waals surface area (Å²) in [7, 11) is 0. The Morgan fingerprint density at radius 3 is 2.32 bits per heavy atom. The van der Waals surface area contributed by atoms with Crippen LogP contribution in [0.2, 0.25) is 0 Å². The van der Waals surface area contributed by atoms with Crippen molar-refractivity contribution in [3.63, 3.8) is 0 Å². The number of nitrogens with zero attached hydrogens (tertiary/aromatic N) is 2. The van der Waals surface area contributed by atoms with Gasteiger partial charge in [0, 0.05) is 6.54 Å². The fourth-order valence-corrected chi connectivity index (χ4v) is 2.34. The third-order valence-electron chi connectivity index (χ3n) is 3.61. The molecule has 0 saturated carbocycles.